The second-order valence-corrected chi connectivity index (χ2v) is 6.71. The highest BCUT2D eigenvalue weighted by Gasteiger charge is 2.44. The number of aliphatic hydroxyl groups is 4. The molecule has 3 rings (SSSR count). The Morgan fingerprint density at radius 1 is 0.821 bits per heavy atom. The van der Waals surface area contributed by atoms with Crippen LogP contribution in [0.4, 0.5) is 0 Å². The lowest BCUT2D eigenvalue weighted by molar-refractivity contribution is -0.277. The van der Waals surface area contributed by atoms with Gasteiger partial charge in [-0.3, -0.25) is 0 Å². The van der Waals surface area contributed by atoms with Gasteiger partial charge in [0.15, 0.2) is 0 Å². The third kappa shape index (κ3) is 4.63. The molecule has 4 N–H and O–H groups in total. The van der Waals surface area contributed by atoms with Gasteiger partial charge in [-0.25, -0.2) is 0 Å². The number of hydrogen-bond acceptors (Lipinski definition) is 7. The van der Waals surface area contributed by atoms with Gasteiger partial charge in [0.25, 0.3) is 0 Å². The number of hydrogen-bond donors (Lipinski definition) is 4. The maximum Gasteiger partial charge on any atom is 0.229 e. The average molecular weight is 390 g/mol. The van der Waals surface area contributed by atoms with Crippen molar-refractivity contribution in [2.24, 2.45) is 0 Å². The zero-order valence-corrected chi connectivity index (χ0v) is 15.6. The van der Waals surface area contributed by atoms with E-state index in [4.69, 9.17) is 14.2 Å². The zero-order chi connectivity index (χ0) is 20.1. The molecule has 0 bridgehead atoms. The van der Waals surface area contributed by atoms with Crippen LogP contribution in [0.2, 0.25) is 0 Å². The van der Waals surface area contributed by atoms with Gasteiger partial charge >= 0.3 is 0 Å². The van der Waals surface area contributed by atoms with Gasteiger partial charge in [0, 0.05) is 0 Å². The third-order valence-corrected chi connectivity index (χ3v) is 4.62. The van der Waals surface area contributed by atoms with Crippen LogP contribution >= 0.6 is 0 Å². The smallest absolute Gasteiger partial charge is 0.229 e. The van der Waals surface area contributed by atoms with Crippen LogP contribution < -0.4 is 9.47 Å². The maximum absolute atomic E-state index is 10.0. The third-order valence-electron chi connectivity index (χ3n) is 4.62. The normalized spacial score (nSPS) is 27.4. The summed E-state index contributed by atoms with van der Waals surface area (Å²) >= 11 is 0. The number of benzene rings is 2. The summed E-state index contributed by atoms with van der Waals surface area (Å²) in [6.45, 7) is 2.24. The van der Waals surface area contributed by atoms with Crippen LogP contribution in [0, 0.1) is 0 Å². The number of aliphatic hydroxyl groups excluding tert-OH is 4. The van der Waals surface area contributed by atoms with Crippen LogP contribution in [0.5, 0.6) is 11.5 Å². The summed E-state index contributed by atoms with van der Waals surface area (Å²) in [5, 5.41) is 38.9. The Hall–Kier alpha value is -2.16. The van der Waals surface area contributed by atoms with Crippen molar-refractivity contribution >= 4 is 0 Å². The summed E-state index contributed by atoms with van der Waals surface area (Å²) in [7, 11) is 0. The predicted molar refractivity (Wildman–Crippen MR) is 102 cm³/mol. The molecule has 0 radical (unpaired) electrons. The molecule has 1 aliphatic rings. The Morgan fingerprint density at radius 3 is 1.93 bits per heavy atom. The molecule has 0 aliphatic carbocycles. The minimum absolute atomic E-state index is 0.427. The van der Waals surface area contributed by atoms with E-state index in [0.29, 0.717) is 12.4 Å². The Labute approximate surface area is 163 Å². The van der Waals surface area contributed by atoms with Crippen LogP contribution in [-0.2, 0) is 4.74 Å². The maximum atomic E-state index is 10.0. The molecule has 0 amide bonds. The molecular weight excluding hydrogens is 364 g/mol. The quantitative estimate of drug-likeness (QED) is 0.565. The summed E-state index contributed by atoms with van der Waals surface area (Å²) in [5.74, 6) is 1.25. The van der Waals surface area contributed by atoms with E-state index in [-0.39, 0.29) is 0 Å². The van der Waals surface area contributed by atoms with Crippen molar-refractivity contribution in [3.05, 3.63) is 48.5 Å². The van der Waals surface area contributed by atoms with Gasteiger partial charge in [0.2, 0.25) is 6.29 Å². The van der Waals surface area contributed by atoms with E-state index >= 15 is 0 Å². The first-order valence-corrected chi connectivity index (χ1v) is 9.34. The molecule has 2 aromatic carbocycles. The molecular formula is C21H26O7. The van der Waals surface area contributed by atoms with E-state index in [1.807, 2.05) is 36.4 Å². The van der Waals surface area contributed by atoms with Crippen molar-refractivity contribution in [1.82, 2.24) is 0 Å². The van der Waals surface area contributed by atoms with E-state index < -0.39 is 37.3 Å². The van der Waals surface area contributed by atoms with Gasteiger partial charge in [-0.2, -0.15) is 0 Å². The first kappa shape index (κ1) is 20.6. The molecule has 0 saturated carbocycles. The Bertz CT molecular complexity index is 729. The molecule has 28 heavy (non-hydrogen) atoms. The van der Waals surface area contributed by atoms with Crippen LogP contribution in [0.3, 0.4) is 0 Å². The highest BCUT2D eigenvalue weighted by atomic mass is 16.7. The largest absolute Gasteiger partial charge is 0.494 e. The minimum Gasteiger partial charge on any atom is -0.494 e. The van der Waals surface area contributed by atoms with Crippen LogP contribution in [0.1, 0.15) is 13.3 Å². The summed E-state index contributed by atoms with van der Waals surface area (Å²) in [6, 6.07) is 14.9. The van der Waals surface area contributed by atoms with Gasteiger partial charge in [-0.15, -0.1) is 0 Å². The topological polar surface area (TPSA) is 109 Å². The summed E-state index contributed by atoms with van der Waals surface area (Å²) in [4.78, 5) is 0. The molecule has 0 unspecified atom stereocenters. The van der Waals surface area contributed by atoms with Gasteiger partial charge in [-0.05, 0) is 41.8 Å². The standard InChI is InChI=1S/C21H26O7/c1-2-11-26-15-7-3-13(4-8-15)14-5-9-16(10-6-14)27-21-20(25)19(24)18(23)17(12-22)28-21/h3-10,17-25H,2,11-12H2,1H3/t17-,18-,19+,20-,21-/m1/s1. The van der Waals surface area contributed by atoms with Crippen LogP contribution in [-0.4, -0.2) is 64.3 Å². The summed E-state index contributed by atoms with van der Waals surface area (Å²) in [6.07, 6.45) is -5.56. The fourth-order valence-corrected chi connectivity index (χ4v) is 2.99. The van der Waals surface area contributed by atoms with Gasteiger partial charge in [0.05, 0.1) is 13.2 Å². The summed E-state index contributed by atoms with van der Waals surface area (Å²) < 4.78 is 16.5. The first-order chi connectivity index (χ1) is 13.5. The van der Waals surface area contributed by atoms with Crippen molar-refractivity contribution in [3.63, 3.8) is 0 Å². The molecule has 1 aliphatic heterocycles. The number of ether oxygens (including phenoxy) is 3. The SMILES string of the molecule is CCCOc1ccc(-c2ccc(O[C@@H]3O[C@H](CO)[C@@H](O)[C@H](O)[C@H]3O)cc2)cc1. The minimum atomic E-state index is -1.47. The first-order valence-electron chi connectivity index (χ1n) is 9.34. The molecule has 7 nitrogen and oxygen atoms in total. The highest BCUT2D eigenvalue weighted by Crippen LogP contribution is 2.27. The molecule has 0 spiro atoms. The molecule has 152 valence electrons. The molecule has 5 atom stereocenters. The predicted octanol–water partition coefficient (Wildman–Crippen LogP) is 1.32. The molecule has 1 heterocycles. The lowest BCUT2D eigenvalue weighted by Gasteiger charge is -2.39. The lowest BCUT2D eigenvalue weighted by atomic mass is 9.99. The van der Waals surface area contributed by atoms with Crippen molar-refractivity contribution in [2.45, 2.75) is 44.1 Å². The van der Waals surface area contributed by atoms with Gasteiger partial charge in [0.1, 0.15) is 35.9 Å². The second-order valence-electron chi connectivity index (χ2n) is 6.71. The summed E-state index contributed by atoms with van der Waals surface area (Å²) in [5.41, 5.74) is 1.99. The molecule has 2 aromatic rings. The van der Waals surface area contributed by atoms with E-state index in [0.717, 1.165) is 23.3 Å². The lowest BCUT2D eigenvalue weighted by Crippen LogP contribution is -2.60. The fourth-order valence-electron chi connectivity index (χ4n) is 2.99. The van der Waals surface area contributed by atoms with E-state index in [9.17, 15) is 20.4 Å². The molecule has 1 saturated heterocycles. The Morgan fingerprint density at radius 2 is 1.39 bits per heavy atom. The number of rotatable bonds is 7. The molecule has 7 heteroatoms. The fraction of sp³-hybridized carbons (Fsp3) is 0.429. The van der Waals surface area contributed by atoms with Gasteiger partial charge < -0.3 is 34.6 Å². The van der Waals surface area contributed by atoms with Crippen LogP contribution in [0.15, 0.2) is 48.5 Å². The molecule has 0 aromatic heterocycles. The molecule has 1 fully saturated rings. The van der Waals surface area contributed by atoms with E-state index in [2.05, 4.69) is 6.92 Å². The Kier molecular flexibility index (Phi) is 6.88. The average Bonchev–Trinajstić information content (AvgIpc) is 2.73. The van der Waals surface area contributed by atoms with Gasteiger partial charge in [-0.1, -0.05) is 31.2 Å². The monoisotopic (exact) mass is 390 g/mol. The Balaban J connectivity index is 1.65. The highest BCUT2D eigenvalue weighted by molar-refractivity contribution is 5.64. The van der Waals surface area contributed by atoms with E-state index in [1.165, 1.54) is 0 Å². The zero-order valence-electron chi connectivity index (χ0n) is 15.6. The van der Waals surface area contributed by atoms with Crippen molar-refractivity contribution in [2.75, 3.05) is 13.2 Å². The van der Waals surface area contributed by atoms with Crippen molar-refractivity contribution < 1.29 is 34.6 Å². The van der Waals surface area contributed by atoms with Crippen LogP contribution in [0.25, 0.3) is 11.1 Å². The second kappa shape index (κ2) is 9.36. The van der Waals surface area contributed by atoms with E-state index in [1.54, 1.807) is 12.1 Å². The van der Waals surface area contributed by atoms with Crippen molar-refractivity contribution in [3.8, 4) is 22.6 Å². The van der Waals surface area contributed by atoms with Crippen molar-refractivity contribution in [1.29, 1.82) is 0 Å².